The van der Waals surface area contributed by atoms with Crippen molar-refractivity contribution >= 4 is 11.6 Å². The summed E-state index contributed by atoms with van der Waals surface area (Å²) in [4.78, 5) is 7.83. The minimum atomic E-state index is -0.977. The molecule has 0 saturated carbocycles. The molecule has 1 N–H and O–H groups in total. The van der Waals surface area contributed by atoms with Gasteiger partial charge in [0, 0.05) is 29.4 Å². The van der Waals surface area contributed by atoms with Gasteiger partial charge < -0.3 is 5.11 Å². The van der Waals surface area contributed by atoms with Crippen LogP contribution in [0.4, 0.5) is 0 Å². The van der Waals surface area contributed by atoms with Crippen LogP contribution in [0.15, 0.2) is 43.0 Å². The molecule has 0 fully saturated rings. The molecule has 0 aliphatic carbocycles. The second kappa shape index (κ2) is 4.82. The molecule has 0 spiro atoms. The number of halogens is 1. The third-order valence-electron chi connectivity index (χ3n) is 2.64. The van der Waals surface area contributed by atoms with Crippen LogP contribution in [-0.4, -0.2) is 15.1 Å². The van der Waals surface area contributed by atoms with Crippen molar-refractivity contribution in [1.29, 1.82) is 0 Å². The predicted octanol–water partition coefficient (Wildman–Crippen LogP) is 2.58. The highest BCUT2D eigenvalue weighted by Crippen LogP contribution is 2.24. The molecule has 0 bridgehead atoms. The van der Waals surface area contributed by atoms with Gasteiger partial charge in [0.05, 0.1) is 5.60 Å². The van der Waals surface area contributed by atoms with Crippen LogP contribution >= 0.6 is 11.6 Å². The molecule has 0 aliphatic rings. The number of hydrogen-bond donors (Lipinski definition) is 1. The molecule has 1 aromatic heterocycles. The molecule has 0 radical (unpaired) electrons. The average molecular weight is 249 g/mol. The zero-order valence-corrected chi connectivity index (χ0v) is 10.2. The van der Waals surface area contributed by atoms with Gasteiger partial charge in [0.25, 0.3) is 0 Å². The lowest BCUT2D eigenvalue weighted by atomic mass is 9.91. The molecule has 3 nitrogen and oxygen atoms in total. The summed E-state index contributed by atoms with van der Waals surface area (Å²) in [5, 5.41) is 11.1. The van der Waals surface area contributed by atoms with Crippen LogP contribution in [0.3, 0.4) is 0 Å². The minimum absolute atomic E-state index is 0.498. The summed E-state index contributed by atoms with van der Waals surface area (Å²) < 4.78 is 0. The van der Waals surface area contributed by atoms with Crippen molar-refractivity contribution in [3.8, 4) is 0 Å². The van der Waals surface area contributed by atoms with E-state index >= 15 is 0 Å². The first kappa shape index (κ1) is 12.0. The maximum atomic E-state index is 10.4. The summed E-state index contributed by atoms with van der Waals surface area (Å²) in [6, 6.07) is 7.43. The first-order chi connectivity index (χ1) is 8.08. The molecule has 88 valence electrons. The van der Waals surface area contributed by atoms with E-state index in [1.165, 1.54) is 6.33 Å². The van der Waals surface area contributed by atoms with Crippen molar-refractivity contribution in [2.75, 3.05) is 0 Å². The second-order valence-corrected chi connectivity index (χ2v) is 4.64. The molecule has 2 aromatic rings. The third-order valence-corrected chi connectivity index (χ3v) is 2.90. The van der Waals surface area contributed by atoms with Gasteiger partial charge in [-0.25, -0.2) is 9.97 Å². The molecule has 1 atom stereocenters. The molecule has 0 saturated heterocycles. The van der Waals surface area contributed by atoms with Gasteiger partial charge in [-0.05, 0) is 24.6 Å². The van der Waals surface area contributed by atoms with Gasteiger partial charge in [-0.1, -0.05) is 23.7 Å². The van der Waals surface area contributed by atoms with Gasteiger partial charge in [0.2, 0.25) is 0 Å². The van der Waals surface area contributed by atoms with Crippen LogP contribution in [0.1, 0.15) is 18.1 Å². The smallest absolute Gasteiger partial charge is 0.115 e. The SMILES string of the molecule is CC(O)(Cc1ccc(Cl)cc1)c1cncnc1. The monoisotopic (exact) mass is 248 g/mol. The van der Waals surface area contributed by atoms with E-state index in [1.807, 2.05) is 24.3 Å². The number of hydrogen-bond acceptors (Lipinski definition) is 3. The van der Waals surface area contributed by atoms with Crippen molar-refractivity contribution in [3.63, 3.8) is 0 Å². The Labute approximate surface area is 105 Å². The zero-order chi connectivity index (χ0) is 12.3. The Morgan fingerprint density at radius 2 is 1.76 bits per heavy atom. The fourth-order valence-corrected chi connectivity index (χ4v) is 1.80. The van der Waals surface area contributed by atoms with Crippen molar-refractivity contribution in [2.45, 2.75) is 18.9 Å². The standard InChI is InChI=1S/C13H13ClN2O/c1-13(17,11-7-15-9-16-8-11)6-10-2-4-12(14)5-3-10/h2-5,7-9,17H,6H2,1H3. The Kier molecular flexibility index (Phi) is 3.41. The minimum Gasteiger partial charge on any atom is -0.385 e. The number of aromatic nitrogens is 2. The molecule has 17 heavy (non-hydrogen) atoms. The fraction of sp³-hybridized carbons (Fsp3) is 0.231. The highest BCUT2D eigenvalue weighted by Gasteiger charge is 2.24. The molecule has 1 heterocycles. The van der Waals surface area contributed by atoms with Crippen molar-refractivity contribution in [2.24, 2.45) is 0 Å². The Morgan fingerprint density at radius 3 is 2.35 bits per heavy atom. The number of rotatable bonds is 3. The van der Waals surface area contributed by atoms with Crippen LogP contribution in [0, 0.1) is 0 Å². The Bertz CT molecular complexity index is 483. The molecule has 0 aliphatic heterocycles. The quantitative estimate of drug-likeness (QED) is 0.908. The topological polar surface area (TPSA) is 46.0 Å². The van der Waals surface area contributed by atoms with Crippen molar-refractivity contribution in [1.82, 2.24) is 9.97 Å². The molecule has 1 aromatic carbocycles. The van der Waals surface area contributed by atoms with E-state index in [2.05, 4.69) is 9.97 Å². The van der Waals surface area contributed by atoms with Crippen molar-refractivity contribution in [3.05, 3.63) is 59.1 Å². The number of benzene rings is 1. The van der Waals surface area contributed by atoms with E-state index in [-0.39, 0.29) is 0 Å². The lowest BCUT2D eigenvalue weighted by molar-refractivity contribution is 0.0569. The van der Waals surface area contributed by atoms with Crippen LogP contribution in [0.2, 0.25) is 5.02 Å². The first-order valence-corrected chi connectivity index (χ1v) is 5.68. The Hall–Kier alpha value is -1.45. The van der Waals surface area contributed by atoms with Crippen LogP contribution in [0.5, 0.6) is 0 Å². The molecular weight excluding hydrogens is 236 g/mol. The van der Waals surface area contributed by atoms with E-state index in [1.54, 1.807) is 19.3 Å². The molecule has 0 amide bonds. The first-order valence-electron chi connectivity index (χ1n) is 5.30. The predicted molar refractivity (Wildman–Crippen MR) is 66.8 cm³/mol. The summed E-state index contributed by atoms with van der Waals surface area (Å²) in [6.45, 7) is 1.75. The van der Waals surface area contributed by atoms with Gasteiger partial charge in [-0.3, -0.25) is 0 Å². The highest BCUT2D eigenvalue weighted by atomic mass is 35.5. The summed E-state index contributed by atoms with van der Waals surface area (Å²) >= 11 is 5.82. The number of nitrogens with zero attached hydrogens (tertiary/aromatic N) is 2. The van der Waals surface area contributed by atoms with Gasteiger partial charge >= 0.3 is 0 Å². The van der Waals surface area contributed by atoms with E-state index in [4.69, 9.17) is 11.6 Å². The van der Waals surface area contributed by atoms with Crippen molar-refractivity contribution < 1.29 is 5.11 Å². The van der Waals surface area contributed by atoms with E-state index in [0.29, 0.717) is 17.0 Å². The largest absolute Gasteiger partial charge is 0.385 e. The van der Waals surface area contributed by atoms with E-state index < -0.39 is 5.60 Å². The fourth-order valence-electron chi connectivity index (χ4n) is 1.68. The molecule has 4 heteroatoms. The molecular formula is C13H13ClN2O. The normalized spacial score (nSPS) is 14.3. The summed E-state index contributed by atoms with van der Waals surface area (Å²) in [6.07, 6.45) is 5.20. The van der Waals surface area contributed by atoms with Crippen LogP contribution < -0.4 is 0 Å². The van der Waals surface area contributed by atoms with Gasteiger partial charge in [0.1, 0.15) is 6.33 Å². The van der Waals surface area contributed by atoms with Crippen LogP contribution in [0.25, 0.3) is 0 Å². The zero-order valence-electron chi connectivity index (χ0n) is 9.47. The number of aliphatic hydroxyl groups is 1. The van der Waals surface area contributed by atoms with E-state index in [0.717, 1.165) is 5.56 Å². The maximum absolute atomic E-state index is 10.4. The van der Waals surface area contributed by atoms with Gasteiger partial charge in [-0.2, -0.15) is 0 Å². The van der Waals surface area contributed by atoms with Crippen LogP contribution in [-0.2, 0) is 12.0 Å². The maximum Gasteiger partial charge on any atom is 0.115 e. The molecule has 2 rings (SSSR count). The lowest BCUT2D eigenvalue weighted by Crippen LogP contribution is -2.24. The summed E-state index contributed by atoms with van der Waals surface area (Å²) in [7, 11) is 0. The Balaban J connectivity index is 2.20. The van der Waals surface area contributed by atoms with Gasteiger partial charge in [0.15, 0.2) is 0 Å². The second-order valence-electron chi connectivity index (χ2n) is 4.20. The molecule has 1 unspecified atom stereocenters. The summed E-state index contributed by atoms with van der Waals surface area (Å²) in [5.74, 6) is 0. The van der Waals surface area contributed by atoms with Gasteiger partial charge in [-0.15, -0.1) is 0 Å². The third kappa shape index (κ3) is 3.02. The summed E-state index contributed by atoms with van der Waals surface area (Å²) in [5.41, 5.74) is 0.743. The Morgan fingerprint density at radius 1 is 1.18 bits per heavy atom. The lowest BCUT2D eigenvalue weighted by Gasteiger charge is -2.23. The van der Waals surface area contributed by atoms with E-state index in [9.17, 15) is 5.11 Å². The average Bonchev–Trinajstić information content (AvgIpc) is 2.33. The highest BCUT2D eigenvalue weighted by molar-refractivity contribution is 6.30.